The van der Waals surface area contributed by atoms with Gasteiger partial charge in [-0.05, 0) is 18.2 Å². The Hall–Kier alpha value is -2.82. The van der Waals surface area contributed by atoms with Crippen molar-refractivity contribution in [2.24, 2.45) is 5.73 Å². The van der Waals surface area contributed by atoms with E-state index in [0.717, 1.165) is 22.3 Å². The highest BCUT2D eigenvalue weighted by Gasteiger charge is 2.12. The number of amidine groups is 1. The molecule has 5 heteroatoms. The zero-order valence-corrected chi connectivity index (χ0v) is 11.7. The van der Waals surface area contributed by atoms with E-state index in [-0.39, 0.29) is 5.84 Å². The summed E-state index contributed by atoms with van der Waals surface area (Å²) in [6, 6.07) is 11.6. The van der Waals surface area contributed by atoms with Gasteiger partial charge in [0.25, 0.3) is 0 Å². The molecule has 21 heavy (non-hydrogen) atoms. The second-order valence-electron chi connectivity index (χ2n) is 4.77. The molecule has 0 radical (unpaired) electrons. The largest absolute Gasteiger partial charge is 0.496 e. The average molecular weight is 280 g/mol. The SMILES string of the molecule is COc1ccccc1Cn1cc(C(=N)N)c2cccnc21. The lowest BCUT2D eigenvalue weighted by Gasteiger charge is -2.09. The van der Waals surface area contributed by atoms with E-state index in [1.165, 1.54) is 0 Å². The molecule has 1 aromatic carbocycles. The monoisotopic (exact) mass is 280 g/mol. The third kappa shape index (κ3) is 2.33. The molecule has 2 heterocycles. The van der Waals surface area contributed by atoms with Crippen LogP contribution in [0.4, 0.5) is 0 Å². The summed E-state index contributed by atoms with van der Waals surface area (Å²) in [5.74, 6) is 0.881. The fourth-order valence-electron chi connectivity index (χ4n) is 2.47. The molecule has 0 aliphatic heterocycles. The average Bonchev–Trinajstić information content (AvgIpc) is 2.87. The van der Waals surface area contributed by atoms with Crippen LogP contribution >= 0.6 is 0 Å². The third-order valence-electron chi connectivity index (χ3n) is 3.46. The first kappa shape index (κ1) is 13.2. The van der Waals surface area contributed by atoms with E-state index in [2.05, 4.69) is 4.98 Å². The van der Waals surface area contributed by atoms with E-state index in [9.17, 15) is 0 Å². The van der Waals surface area contributed by atoms with Crippen LogP contribution in [-0.4, -0.2) is 22.5 Å². The molecular formula is C16H16N4O. The summed E-state index contributed by atoms with van der Waals surface area (Å²) in [6.45, 7) is 0.616. The van der Waals surface area contributed by atoms with E-state index in [1.54, 1.807) is 13.3 Å². The zero-order chi connectivity index (χ0) is 14.8. The van der Waals surface area contributed by atoms with Crippen LogP contribution in [-0.2, 0) is 6.54 Å². The summed E-state index contributed by atoms with van der Waals surface area (Å²) in [7, 11) is 1.66. The van der Waals surface area contributed by atoms with Crippen LogP contribution in [0.1, 0.15) is 11.1 Å². The minimum absolute atomic E-state index is 0.0479. The third-order valence-corrected chi connectivity index (χ3v) is 3.46. The first-order valence-corrected chi connectivity index (χ1v) is 6.61. The number of ether oxygens (including phenoxy) is 1. The highest BCUT2D eigenvalue weighted by atomic mass is 16.5. The van der Waals surface area contributed by atoms with Crippen molar-refractivity contribution in [1.82, 2.24) is 9.55 Å². The number of nitrogens with two attached hydrogens (primary N) is 1. The van der Waals surface area contributed by atoms with Gasteiger partial charge in [0.2, 0.25) is 0 Å². The predicted octanol–water partition coefficient (Wildman–Crippen LogP) is 2.38. The van der Waals surface area contributed by atoms with Crippen molar-refractivity contribution >= 4 is 16.9 Å². The Morgan fingerprint density at radius 3 is 2.86 bits per heavy atom. The molecule has 3 N–H and O–H groups in total. The number of methoxy groups -OCH3 is 1. The number of fused-ring (bicyclic) bond motifs is 1. The first-order chi connectivity index (χ1) is 10.2. The van der Waals surface area contributed by atoms with Gasteiger partial charge in [-0.25, -0.2) is 4.98 Å². The first-order valence-electron chi connectivity index (χ1n) is 6.61. The lowest BCUT2D eigenvalue weighted by molar-refractivity contribution is 0.408. The van der Waals surface area contributed by atoms with Gasteiger partial charge in [0.05, 0.1) is 13.7 Å². The Labute approximate surface area is 122 Å². The number of nitrogens with zero attached hydrogens (tertiary/aromatic N) is 2. The van der Waals surface area contributed by atoms with Crippen molar-refractivity contribution in [2.45, 2.75) is 6.54 Å². The van der Waals surface area contributed by atoms with E-state index in [0.29, 0.717) is 12.1 Å². The van der Waals surface area contributed by atoms with E-state index < -0.39 is 0 Å². The van der Waals surface area contributed by atoms with Gasteiger partial charge in [-0.2, -0.15) is 0 Å². The second kappa shape index (κ2) is 5.28. The Morgan fingerprint density at radius 1 is 1.29 bits per heavy atom. The summed E-state index contributed by atoms with van der Waals surface area (Å²) in [6.07, 6.45) is 3.61. The van der Waals surface area contributed by atoms with Gasteiger partial charge in [-0.15, -0.1) is 0 Å². The van der Waals surface area contributed by atoms with E-state index >= 15 is 0 Å². The highest BCUT2D eigenvalue weighted by Crippen LogP contribution is 2.23. The minimum atomic E-state index is 0.0479. The van der Waals surface area contributed by atoms with Gasteiger partial charge in [-0.3, -0.25) is 5.41 Å². The molecule has 0 amide bonds. The number of nitrogens with one attached hydrogen (secondary N) is 1. The second-order valence-corrected chi connectivity index (χ2v) is 4.77. The molecule has 5 nitrogen and oxygen atoms in total. The maximum atomic E-state index is 7.70. The number of pyridine rings is 1. The summed E-state index contributed by atoms with van der Waals surface area (Å²) in [5.41, 5.74) is 8.23. The normalized spacial score (nSPS) is 10.7. The summed E-state index contributed by atoms with van der Waals surface area (Å²) < 4.78 is 7.37. The molecule has 0 saturated heterocycles. The Morgan fingerprint density at radius 2 is 2.10 bits per heavy atom. The van der Waals surface area contributed by atoms with Crippen molar-refractivity contribution < 1.29 is 4.74 Å². The smallest absolute Gasteiger partial charge is 0.140 e. The van der Waals surface area contributed by atoms with Gasteiger partial charge in [0, 0.05) is 28.9 Å². The number of rotatable bonds is 4. The molecular weight excluding hydrogens is 264 g/mol. The van der Waals surface area contributed by atoms with Crippen LogP contribution in [0.2, 0.25) is 0 Å². The van der Waals surface area contributed by atoms with Gasteiger partial charge in [-0.1, -0.05) is 18.2 Å². The van der Waals surface area contributed by atoms with Crippen molar-refractivity contribution in [3.05, 3.63) is 59.9 Å². The molecule has 0 bridgehead atoms. The van der Waals surface area contributed by atoms with Gasteiger partial charge >= 0.3 is 0 Å². The van der Waals surface area contributed by atoms with Crippen LogP contribution in [0, 0.1) is 5.41 Å². The van der Waals surface area contributed by atoms with E-state index in [1.807, 2.05) is 47.2 Å². The number of nitrogen functional groups attached to an aromatic ring is 1. The summed E-state index contributed by atoms with van der Waals surface area (Å²) >= 11 is 0. The number of hydrogen-bond donors (Lipinski definition) is 2. The highest BCUT2D eigenvalue weighted by molar-refractivity contribution is 6.06. The van der Waals surface area contributed by atoms with Crippen molar-refractivity contribution in [2.75, 3.05) is 7.11 Å². The van der Waals surface area contributed by atoms with Crippen LogP contribution in [0.5, 0.6) is 5.75 Å². The maximum absolute atomic E-state index is 7.70. The van der Waals surface area contributed by atoms with Crippen LogP contribution in [0.25, 0.3) is 11.0 Å². The number of para-hydroxylation sites is 1. The fraction of sp³-hybridized carbons (Fsp3) is 0.125. The van der Waals surface area contributed by atoms with Gasteiger partial charge in [0.15, 0.2) is 0 Å². The molecule has 0 saturated carbocycles. The fourth-order valence-corrected chi connectivity index (χ4v) is 2.47. The van der Waals surface area contributed by atoms with Crippen LogP contribution in [0.3, 0.4) is 0 Å². The molecule has 106 valence electrons. The molecule has 0 aliphatic rings. The molecule has 2 aromatic heterocycles. The summed E-state index contributed by atoms with van der Waals surface area (Å²) in [4.78, 5) is 4.41. The molecule has 0 aliphatic carbocycles. The molecule has 3 aromatic rings. The standard InChI is InChI=1S/C16H16N4O/c1-21-14-7-3-2-5-11(14)9-20-10-13(15(17)18)12-6-4-8-19-16(12)20/h2-8,10H,9H2,1H3,(H3,17,18). The molecule has 0 unspecified atom stereocenters. The van der Waals surface area contributed by atoms with Crippen LogP contribution < -0.4 is 10.5 Å². The number of benzene rings is 1. The lowest BCUT2D eigenvalue weighted by atomic mass is 10.2. The van der Waals surface area contributed by atoms with Crippen molar-refractivity contribution in [3.8, 4) is 5.75 Å². The predicted molar refractivity (Wildman–Crippen MR) is 82.8 cm³/mol. The number of hydrogen-bond acceptors (Lipinski definition) is 3. The van der Waals surface area contributed by atoms with E-state index in [4.69, 9.17) is 15.9 Å². The maximum Gasteiger partial charge on any atom is 0.140 e. The van der Waals surface area contributed by atoms with Gasteiger partial charge in [0.1, 0.15) is 17.2 Å². The van der Waals surface area contributed by atoms with Gasteiger partial charge < -0.3 is 15.0 Å². The molecule has 0 atom stereocenters. The zero-order valence-electron chi connectivity index (χ0n) is 11.7. The quantitative estimate of drug-likeness (QED) is 0.569. The minimum Gasteiger partial charge on any atom is -0.496 e. The van der Waals surface area contributed by atoms with Crippen LogP contribution in [0.15, 0.2) is 48.8 Å². The number of aromatic nitrogens is 2. The Bertz CT molecular complexity index is 807. The Balaban J connectivity index is 2.11. The summed E-state index contributed by atoms with van der Waals surface area (Å²) in [5, 5.41) is 8.59. The topological polar surface area (TPSA) is 76.9 Å². The van der Waals surface area contributed by atoms with Crippen molar-refractivity contribution in [1.29, 1.82) is 5.41 Å². The molecule has 0 fully saturated rings. The molecule has 3 rings (SSSR count). The van der Waals surface area contributed by atoms with Crippen molar-refractivity contribution in [3.63, 3.8) is 0 Å². The lowest BCUT2D eigenvalue weighted by Crippen LogP contribution is -2.10. The molecule has 0 spiro atoms. The Kier molecular flexibility index (Phi) is 3.31.